The van der Waals surface area contributed by atoms with Crippen molar-refractivity contribution in [3.63, 3.8) is 0 Å². The van der Waals surface area contributed by atoms with E-state index >= 15 is 0 Å². The summed E-state index contributed by atoms with van der Waals surface area (Å²) in [6.45, 7) is 7.00. The second-order valence-corrected chi connectivity index (χ2v) is 12.4. The SMILES string of the molecule is CCCCC1(N)CCC(CCCC)(CCCC)c2cc3c(cc21)C=CC3CCC1C=Cc2ccccc21. The van der Waals surface area contributed by atoms with Crippen LogP contribution in [0.4, 0.5) is 0 Å². The molecule has 0 bridgehead atoms. The fraction of sp³-hybridized carbons (Fsp3) is 0.556. The molecule has 3 unspecified atom stereocenters. The van der Waals surface area contributed by atoms with E-state index in [0.717, 1.165) is 12.8 Å². The highest BCUT2D eigenvalue weighted by Gasteiger charge is 2.45. The molecule has 3 aliphatic rings. The minimum atomic E-state index is -0.160. The van der Waals surface area contributed by atoms with Crippen LogP contribution in [-0.4, -0.2) is 0 Å². The number of fused-ring (bicyclic) bond motifs is 3. The molecule has 0 spiro atoms. The summed E-state index contributed by atoms with van der Waals surface area (Å²) in [4.78, 5) is 0. The smallest absolute Gasteiger partial charge is 0.0413 e. The molecule has 0 fully saturated rings. The standard InChI is InChI=1S/C36H49N/c1-4-7-20-35(21-8-5-2)23-24-36(37,22-9-6-3)34-25-30-19-18-29(32(30)26-33(34)35)17-16-28-15-14-27-12-10-11-13-31(27)28/h10-15,18-19,25-26,28-29H,4-9,16-17,20-24,37H2,1-3H3. The molecule has 198 valence electrons. The van der Waals surface area contributed by atoms with Gasteiger partial charge in [0.25, 0.3) is 0 Å². The number of nitrogens with two attached hydrogens (primary N) is 1. The zero-order valence-corrected chi connectivity index (χ0v) is 23.7. The van der Waals surface area contributed by atoms with Crippen LogP contribution in [0.2, 0.25) is 0 Å². The molecule has 0 saturated heterocycles. The lowest BCUT2D eigenvalue weighted by Gasteiger charge is -2.48. The highest BCUT2D eigenvalue weighted by atomic mass is 14.8. The molecule has 2 aromatic rings. The van der Waals surface area contributed by atoms with E-state index in [4.69, 9.17) is 5.73 Å². The summed E-state index contributed by atoms with van der Waals surface area (Å²) >= 11 is 0. The van der Waals surface area contributed by atoms with Crippen molar-refractivity contribution in [3.8, 4) is 0 Å². The van der Waals surface area contributed by atoms with Gasteiger partial charge >= 0.3 is 0 Å². The molecule has 0 heterocycles. The van der Waals surface area contributed by atoms with Crippen molar-refractivity contribution < 1.29 is 0 Å². The van der Waals surface area contributed by atoms with Gasteiger partial charge in [0.15, 0.2) is 0 Å². The fourth-order valence-corrected chi connectivity index (χ4v) is 7.62. The van der Waals surface area contributed by atoms with Crippen LogP contribution in [0.3, 0.4) is 0 Å². The zero-order valence-electron chi connectivity index (χ0n) is 23.7. The average Bonchev–Trinajstić information content (AvgIpc) is 3.53. The minimum absolute atomic E-state index is 0.160. The van der Waals surface area contributed by atoms with E-state index in [9.17, 15) is 0 Å². The Bertz CT molecular complexity index is 1130. The third kappa shape index (κ3) is 5.14. The van der Waals surface area contributed by atoms with Crippen molar-refractivity contribution in [2.45, 2.75) is 127 Å². The Balaban J connectivity index is 1.47. The predicted octanol–water partition coefficient (Wildman–Crippen LogP) is 10.1. The van der Waals surface area contributed by atoms with Crippen LogP contribution in [0.25, 0.3) is 12.2 Å². The van der Waals surface area contributed by atoms with Crippen LogP contribution < -0.4 is 5.73 Å². The molecule has 0 radical (unpaired) electrons. The van der Waals surface area contributed by atoms with Gasteiger partial charge in [-0.2, -0.15) is 0 Å². The highest BCUT2D eigenvalue weighted by Crippen LogP contribution is 2.53. The highest BCUT2D eigenvalue weighted by molar-refractivity contribution is 5.66. The third-order valence-corrected chi connectivity index (χ3v) is 9.97. The zero-order chi connectivity index (χ0) is 25.9. The molecule has 0 saturated carbocycles. The second-order valence-electron chi connectivity index (χ2n) is 12.4. The van der Waals surface area contributed by atoms with Gasteiger partial charge in [0.2, 0.25) is 0 Å². The van der Waals surface area contributed by atoms with Crippen molar-refractivity contribution in [2.24, 2.45) is 5.73 Å². The molecule has 2 aromatic carbocycles. The third-order valence-electron chi connectivity index (χ3n) is 9.97. The lowest BCUT2D eigenvalue weighted by atomic mass is 9.59. The summed E-state index contributed by atoms with van der Waals surface area (Å²) in [7, 11) is 0. The van der Waals surface area contributed by atoms with Crippen LogP contribution in [0.1, 0.15) is 149 Å². The monoisotopic (exact) mass is 495 g/mol. The summed E-state index contributed by atoms with van der Waals surface area (Å²) in [5, 5.41) is 0. The Hall–Kier alpha value is -2.12. The van der Waals surface area contributed by atoms with Crippen LogP contribution in [0.5, 0.6) is 0 Å². The van der Waals surface area contributed by atoms with Gasteiger partial charge in [-0.3, -0.25) is 0 Å². The van der Waals surface area contributed by atoms with E-state index in [1.54, 1.807) is 11.1 Å². The molecular formula is C36H49N. The number of allylic oxidation sites excluding steroid dienone is 2. The predicted molar refractivity (Wildman–Crippen MR) is 161 cm³/mol. The molecule has 1 heteroatoms. The van der Waals surface area contributed by atoms with Crippen molar-refractivity contribution >= 4 is 12.2 Å². The lowest BCUT2D eigenvalue weighted by Crippen LogP contribution is -2.46. The summed E-state index contributed by atoms with van der Waals surface area (Å²) in [6.07, 6.45) is 25.9. The number of benzene rings is 2. The van der Waals surface area contributed by atoms with Crippen LogP contribution in [-0.2, 0) is 11.0 Å². The van der Waals surface area contributed by atoms with Gasteiger partial charge in [-0.25, -0.2) is 0 Å². The number of unbranched alkanes of at least 4 members (excludes halogenated alkanes) is 3. The summed E-state index contributed by atoms with van der Waals surface area (Å²) in [6, 6.07) is 14.2. The Labute approximate surface area is 226 Å². The molecule has 5 rings (SSSR count). The molecule has 1 nitrogen and oxygen atoms in total. The molecule has 0 aliphatic heterocycles. The Morgan fingerprint density at radius 2 is 1.32 bits per heavy atom. The molecule has 3 aliphatic carbocycles. The molecule has 2 N–H and O–H groups in total. The average molecular weight is 496 g/mol. The summed E-state index contributed by atoms with van der Waals surface area (Å²) < 4.78 is 0. The first-order valence-electron chi connectivity index (χ1n) is 15.5. The van der Waals surface area contributed by atoms with Crippen molar-refractivity contribution in [1.82, 2.24) is 0 Å². The molecule has 37 heavy (non-hydrogen) atoms. The van der Waals surface area contributed by atoms with Crippen LogP contribution in [0, 0.1) is 0 Å². The molecular weight excluding hydrogens is 446 g/mol. The van der Waals surface area contributed by atoms with Gasteiger partial charge in [0.1, 0.15) is 0 Å². The maximum atomic E-state index is 7.32. The van der Waals surface area contributed by atoms with Gasteiger partial charge in [-0.15, -0.1) is 0 Å². The van der Waals surface area contributed by atoms with Gasteiger partial charge in [0, 0.05) is 17.4 Å². The number of rotatable bonds is 12. The van der Waals surface area contributed by atoms with Gasteiger partial charge < -0.3 is 5.73 Å². The second kappa shape index (κ2) is 11.3. The summed E-state index contributed by atoms with van der Waals surface area (Å²) in [5.74, 6) is 1.09. The van der Waals surface area contributed by atoms with Crippen LogP contribution in [0.15, 0.2) is 48.6 Å². The topological polar surface area (TPSA) is 26.0 Å². The molecule has 0 amide bonds. The quantitative estimate of drug-likeness (QED) is 0.311. The van der Waals surface area contributed by atoms with Crippen LogP contribution >= 0.6 is 0 Å². The van der Waals surface area contributed by atoms with Gasteiger partial charge in [0.05, 0.1) is 0 Å². The summed E-state index contributed by atoms with van der Waals surface area (Å²) in [5.41, 5.74) is 16.5. The maximum absolute atomic E-state index is 7.32. The first-order valence-corrected chi connectivity index (χ1v) is 15.5. The van der Waals surface area contributed by atoms with E-state index in [1.807, 2.05) is 0 Å². The Morgan fingerprint density at radius 3 is 2.03 bits per heavy atom. The first kappa shape index (κ1) is 26.5. The molecule has 3 atom stereocenters. The minimum Gasteiger partial charge on any atom is -0.321 e. The largest absolute Gasteiger partial charge is 0.321 e. The van der Waals surface area contributed by atoms with Crippen molar-refractivity contribution in [2.75, 3.05) is 0 Å². The lowest BCUT2D eigenvalue weighted by molar-refractivity contribution is 0.222. The van der Waals surface area contributed by atoms with Gasteiger partial charge in [-0.1, -0.05) is 114 Å². The molecule has 0 aromatic heterocycles. The van der Waals surface area contributed by atoms with E-state index in [0.29, 0.717) is 17.3 Å². The van der Waals surface area contributed by atoms with E-state index < -0.39 is 0 Å². The van der Waals surface area contributed by atoms with Crippen molar-refractivity contribution in [1.29, 1.82) is 0 Å². The Morgan fingerprint density at radius 1 is 0.703 bits per heavy atom. The first-order chi connectivity index (χ1) is 18.0. The number of hydrogen-bond donors (Lipinski definition) is 1. The van der Waals surface area contributed by atoms with Gasteiger partial charge in [-0.05, 0) is 89.8 Å². The fourth-order valence-electron chi connectivity index (χ4n) is 7.62. The maximum Gasteiger partial charge on any atom is 0.0413 e. The normalized spacial score (nSPS) is 24.8. The number of hydrogen-bond acceptors (Lipinski definition) is 1. The van der Waals surface area contributed by atoms with E-state index in [1.165, 1.54) is 92.9 Å². The Kier molecular flexibility index (Phi) is 8.10. The van der Waals surface area contributed by atoms with E-state index in [-0.39, 0.29) is 5.54 Å². The van der Waals surface area contributed by atoms with E-state index in [2.05, 4.69) is 81.5 Å². The van der Waals surface area contributed by atoms with Crippen molar-refractivity contribution in [3.05, 3.63) is 81.9 Å².